The molecule has 0 saturated heterocycles. The molecule has 1 nitrogen and oxygen atoms in total. The second kappa shape index (κ2) is 10.7. The summed E-state index contributed by atoms with van der Waals surface area (Å²) < 4.78 is 33.8. The number of fused-ring (bicyclic) bond motifs is 1. The molecule has 1 aromatic carbocycles. The number of hydrogen-bond donors (Lipinski definition) is 0. The average Bonchev–Trinajstić information content (AvgIpc) is 2.81. The standard InChI is InChI=1S/C28H42F2O/c1-3-4-5-6-19-7-9-20(10-8-19)21-11-12-23-18-24(14-13-22(23)17-21)25-15-16-26(31-2)28(30)27(25)29/h15-16,19-24H,3-14,17-18H2,1-2H3. The zero-order chi connectivity index (χ0) is 21.8. The van der Waals surface area contributed by atoms with Gasteiger partial charge in [0.25, 0.3) is 0 Å². The minimum absolute atomic E-state index is 0.00975. The molecule has 174 valence electrons. The van der Waals surface area contributed by atoms with Gasteiger partial charge >= 0.3 is 0 Å². The van der Waals surface area contributed by atoms with Gasteiger partial charge in [-0.25, -0.2) is 4.39 Å². The molecule has 4 unspecified atom stereocenters. The zero-order valence-corrected chi connectivity index (χ0v) is 19.7. The lowest BCUT2D eigenvalue weighted by Crippen LogP contribution is -2.34. The molecule has 0 spiro atoms. The van der Waals surface area contributed by atoms with Gasteiger partial charge in [0.15, 0.2) is 11.6 Å². The number of ether oxygens (including phenoxy) is 1. The summed E-state index contributed by atoms with van der Waals surface area (Å²) in [5.74, 6) is 3.04. The van der Waals surface area contributed by atoms with Crippen LogP contribution in [0.2, 0.25) is 0 Å². The monoisotopic (exact) mass is 432 g/mol. The van der Waals surface area contributed by atoms with E-state index in [1.165, 1.54) is 84.2 Å². The van der Waals surface area contributed by atoms with E-state index < -0.39 is 11.6 Å². The largest absolute Gasteiger partial charge is 0.494 e. The highest BCUT2D eigenvalue weighted by molar-refractivity contribution is 5.33. The Morgan fingerprint density at radius 1 is 0.774 bits per heavy atom. The molecule has 0 heterocycles. The van der Waals surface area contributed by atoms with Crippen LogP contribution in [-0.4, -0.2) is 7.11 Å². The quantitative estimate of drug-likeness (QED) is 0.392. The third-order valence-corrected chi connectivity index (χ3v) is 9.16. The first-order valence-corrected chi connectivity index (χ1v) is 13.1. The lowest BCUT2D eigenvalue weighted by Gasteiger charge is -2.45. The SMILES string of the molecule is CCCCCC1CCC(C2CCC3CC(c4ccc(OC)c(F)c4F)CCC3C2)CC1. The molecule has 0 N–H and O–H groups in total. The van der Waals surface area contributed by atoms with E-state index in [-0.39, 0.29) is 11.7 Å². The average molecular weight is 433 g/mol. The minimum Gasteiger partial charge on any atom is -0.494 e. The summed E-state index contributed by atoms with van der Waals surface area (Å²) in [4.78, 5) is 0. The maximum atomic E-state index is 14.6. The number of benzene rings is 1. The van der Waals surface area contributed by atoms with Crippen LogP contribution in [0.1, 0.15) is 108 Å². The molecule has 0 bridgehead atoms. The number of rotatable bonds is 7. The van der Waals surface area contributed by atoms with Gasteiger partial charge in [-0.15, -0.1) is 0 Å². The summed E-state index contributed by atoms with van der Waals surface area (Å²) in [6.45, 7) is 2.30. The van der Waals surface area contributed by atoms with Gasteiger partial charge in [-0.1, -0.05) is 51.5 Å². The zero-order valence-electron chi connectivity index (χ0n) is 19.7. The fourth-order valence-corrected chi connectivity index (χ4v) is 7.29. The van der Waals surface area contributed by atoms with E-state index >= 15 is 0 Å². The van der Waals surface area contributed by atoms with Gasteiger partial charge in [0.05, 0.1) is 7.11 Å². The Bertz CT molecular complexity index is 709. The molecular formula is C28H42F2O. The van der Waals surface area contributed by atoms with E-state index in [2.05, 4.69) is 6.92 Å². The van der Waals surface area contributed by atoms with E-state index in [1.54, 1.807) is 12.1 Å². The highest BCUT2D eigenvalue weighted by atomic mass is 19.2. The molecule has 4 rings (SSSR count). The van der Waals surface area contributed by atoms with Crippen molar-refractivity contribution in [1.82, 2.24) is 0 Å². The first-order valence-electron chi connectivity index (χ1n) is 13.1. The fourth-order valence-electron chi connectivity index (χ4n) is 7.29. The summed E-state index contributed by atoms with van der Waals surface area (Å²) in [5.41, 5.74) is 0.570. The van der Waals surface area contributed by atoms with Gasteiger partial charge in [0.2, 0.25) is 5.82 Å². The van der Waals surface area contributed by atoms with Crippen LogP contribution in [0.15, 0.2) is 12.1 Å². The minimum atomic E-state index is -0.823. The Balaban J connectivity index is 1.28. The van der Waals surface area contributed by atoms with E-state index in [4.69, 9.17) is 4.74 Å². The maximum Gasteiger partial charge on any atom is 0.200 e. The van der Waals surface area contributed by atoms with Crippen molar-refractivity contribution in [1.29, 1.82) is 0 Å². The smallest absolute Gasteiger partial charge is 0.200 e. The van der Waals surface area contributed by atoms with Crippen molar-refractivity contribution in [3.63, 3.8) is 0 Å². The molecule has 31 heavy (non-hydrogen) atoms. The second-order valence-corrected chi connectivity index (χ2v) is 10.9. The van der Waals surface area contributed by atoms with Crippen LogP contribution in [0.3, 0.4) is 0 Å². The highest BCUT2D eigenvalue weighted by Crippen LogP contribution is 2.51. The summed E-state index contributed by atoms with van der Waals surface area (Å²) >= 11 is 0. The summed E-state index contributed by atoms with van der Waals surface area (Å²) in [6.07, 6.45) is 18.7. The van der Waals surface area contributed by atoms with E-state index in [0.29, 0.717) is 11.5 Å². The van der Waals surface area contributed by atoms with Gasteiger partial charge in [-0.2, -0.15) is 4.39 Å². The molecule has 3 aliphatic carbocycles. The fraction of sp³-hybridized carbons (Fsp3) is 0.786. The molecule has 0 radical (unpaired) electrons. The van der Waals surface area contributed by atoms with Gasteiger partial charge in [0, 0.05) is 0 Å². The Kier molecular flexibility index (Phi) is 7.93. The summed E-state index contributed by atoms with van der Waals surface area (Å²) in [7, 11) is 1.39. The molecule has 4 atom stereocenters. The number of methoxy groups -OCH3 is 1. The predicted molar refractivity (Wildman–Crippen MR) is 123 cm³/mol. The van der Waals surface area contributed by atoms with Crippen LogP contribution in [0.4, 0.5) is 8.78 Å². The van der Waals surface area contributed by atoms with Crippen LogP contribution in [-0.2, 0) is 0 Å². The maximum absolute atomic E-state index is 14.6. The summed E-state index contributed by atoms with van der Waals surface area (Å²) in [6, 6.07) is 3.35. The molecule has 3 aliphatic rings. The Hall–Kier alpha value is -1.12. The Morgan fingerprint density at radius 2 is 1.42 bits per heavy atom. The Morgan fingerprint density at radius 3 is 2.13 bits per heavy atom. The first-order chi connectivity index (χ1) is 15.1. The molecule has 3 fully saturated rings. The molecule has 0 amide bonds. The van der Waals surface area contributed by atoms with Crippen LogP contribution in [0.25, 0.3) is 0 Å². The van der Waals surface area contributed by atoms with Crippen LogP contribution in [0, 0.1) is 41.2 Å². The van der Waals surface area contributed by atoms with Crippen molar-refractivity contribution in [3.05, 3.63) is 29.3 Å². The van der Waals surface area contributed by atoms with E-state index in [9.17, 15) is 8.78 Å². The van der Waals surface area contributed by atoms with Gasteiger partial charge in [-0.3, -0.25) is 0 Å². The van der Waals surface area contributed by atoms with Crippen molar-refractivity contribution < 1.29 is 13.5 Å². The highest BCUT2D eigenvalue weighted by Gasteiger charge is 2.39. The Labute approximate surface area is 188 Å². The van der Waals surface area contributed by atoms with Crippen molar-refractivity contribution in [3.8, 4) is 5.75 Å². The molecule has 3 heteroatoms. The lowest BCUT2D eigenvalue weighted by molar-refractivity contribution is 0.0705. The van der Waals surface area contributed by atoms with E-state index in [1.807, 2.05) is 0 Å². The lowest BCUT2D eigenvalue weighted by atomic mass is 9.60. The van der Waals surface area contributed by atoms with Crippen molar-refractivity contribution >= 4 is 0 Å². The second-order valence-electron chi connectivity index (χ2n) is 10.9. The molecule has 0 aliphatic heterocycles. The number of hydrogen-bond acceptors (Lipinski definition) is 1. The molecule has 1 aromatic rings. The molecular weight excluding hydrogens is 390 g/mol. The third-order valence-electron chi connectivity index (χ3n) is 9.16. The van der Waals surface area contributed by atoms with Gasteiger partial charge in [-0.05, 0) is 98.5 Å². The predicted octanol–water partition coefficient (Wildman–Crippen LogP) is 8.66. The summed E-state index contributed by atoms with van der Waals surface area (Å²) in [5, 5.41) is 0. The normalized spacial score (nSPS) is 33.7. The third kappa shape index (κ3) is 5.28. The number of unbranched alkanes of at least 4 members (excludes halogenated alkanes) is 2. The molecule has 0 aromatic heterocycles. The van der Waals surface area contributed by atoms with E-state index in [0.717, 1.165) is 36.5 Å². The molecule has 3 saturated carbocycles. The number of halogens is 2. The first kappa shape index (κ1) is 23.1. The van der Waals surface area contributed by atoms with Crippen molar-refractivity contribution in [2.45, 2.75) is 103 Å². The van der Waals surface area contributed by atoms with Crippen LogP contribution < -0.4 is 4.74 Å². The van der Waals surface area contributed by atoms with Crippen molar-refractivity contribution in [2.24, 2.45) is 29.6 Å². The van der Waals surface area contributed by atoms with Crippen LogP contribution >= 0.6 is 0 Å². The van der Waals surface area contributed by atoms with Crippen LogP contribution in [0.5, 0.6) is 5.75 Å². The van der Waals surface area contributed by atoms with Crippen molar-refractivity contribution in [2.75, 3.05) is 7.11 Å². The van der Waals surface area contributed by atoms with Gasteiger partial charge in [0.1, 0.15) is 0 Å². The topological polar surface area (TPSA) is 9.23 Å². The van der Waals surface area contributed by atoms with Gasteiger partial charge < -0.3 is 4.74 Å².